The average molecular weight is 448 g/mol. The number of carbonyl (C=O) groups is 1. The predicted molar refractivity (Wildman–Crippen MR) is 129 cm³/mol. The molecule has 7 nitrogen and oxygen atoms in total. The lowest BCUT2D eigenvalue weighted by atomic mass is 10.2. The summed E-state index contributed by atoms with van der Waals surface area (Å²) in [5.41, 5.74) is 8.88. The third-order valence-electron chi connectivity index (χ3n) is 5.45. The van der Waals surface area contributed by atoms with Crippen molar-refractivity contribution in [3.63, 3.8) is 0 Å². The molecule has 0 aliphatic heterocycles. The van der Waals surface area contributed by atoms with Crippen molar-refractivity contribution in [3.8, 4) is 5.69 Å². The van der Waals surface area contributed by atoms with E-state index in [9.17, 15) is 4.79 Å². The van der Waals surface area contributed by atoms with Gasteiger partial charge in [0.05, 0.1) is 23.8 Å². The number of nitrogens with zero attached hydrogens (tertiary/aromatic N) is 4. The third kappa shape index (κ3) is 4.01. The Kier molecular flexibility index (Phi) is 6.05. The second-order valence-corrected chi connectivity index (χ2v) is 8.69. The van der Waals surface area contributed by atoms with Gasteiger partial charge < -0.3 is 9.30 Å². The van der Waals surface area contributed by atoms with Crippen molar-refractivity contribution in [3.05, 3.63) is 69.6 Å². The van der Waals surface area contributed by atoms with Gasteiger partial charge in [0.1, 0.15) is 11.2 Å². The fourth-order valence-corrected chi connectivity index (χ4v) is 4.70. The molecule has 4 rings (SSSR count). The summed E-state index contributed by atoms with van der Waals surface area (Å²) in [6, 6.07) is 9.49. The van der Waals surface area contributed by atoms with Crippen LogP contribution in [0.25, 0.3) is 15.9 Å². The Hall–Kier alpha value is -3.52. The van der Waals surface area contributed by atoms with Crippen molar-refractivity contribution in [2.45, 2.75) is 34.6 Å². The number of aromatic nitrogens is 3. The van der Waals surface area contributed by atoms with Crippen LogP contribution < -0.4 is 5.43 Å². The number of hydrazone groups is 1. The minimum absolute atomic E-state index is 0.311. The van der Waals surface area contributed by atoms with Crippen LogP contribution in [-0.4, -0.2) is 33.3 Å². The molecule has 0 aliphatic rings. The Morgan fingerprint density at radius 1 is 1.19 bits per heavy atom. The van der Waals surface area contributed by atoms with Crippen LogP contribution >= 0.6 is 11.3 Å². The van der Waals surface area contributed by atoms with Crippen LogP contribution in [0.1, 0.15) is 44.7 Å². The maximum atomic E-state index is 11.9. The van der Waals surface area contributed by atoms with Crippen LogP contribution in [0, 0.1) is 27.7 Å². The van der Waals surface area contributed by atoms with E-state index in [1.165, 1.54) is 10.4 Å². The van der Waals surface area contributed by atoms with Crippen LogP contribution in [0.2, 0.25) is 0 Å². The maximum Gasteiger partial charge on any atom is 0.338 e. The van der Waals surface area contributed by atoms with E-state index in [0.29, 0.717) is 18.0 Å². The number of fused-ring (bicyclic) bond motifs is 1. The Morgan fingerprint density at radius 3 is 2.66 bits per heavy atom. The summed E-state index contributed by atoms with van der Waals surface area (Å²) in [4.78, 5) is 22.8. The van der Waals surface area contributed by atoms with E-state index in [4.69, 9.17) is 4.74 Å². The zero-order valence-corrected chi connectivity index (χ0v) is 19.6. The SMILES string of the molecule is CCOC(=O)c1ccc(-n2c(C)cc(C=NNc3ncnc4sc(C)c(C)c34)c2C)cc1. The maximum absolute atomic E-state index is 11.9. The van der Waals surface area contributed by atoms with Gasteiger partial charge in [-0.3, -0.25) is 5.43 Å². The molecule has 3 heterocycles. The number of thiophene rings is 1. The number of hydrogen-bond acceptors (Lipinski definition) is 7. The molecule has 0 fully saturated rings. The van der Waals surface area contributed by atoms with Crippen molar-refractivity contribution in [1.82, 2.24) is 14.5 Å². The third-order valence-corrected chi connectivity index (χ3v) is 6.56. The van der Waals surface area contributed by atoms with Crippen molar-refractivity contribution >= 4 is 39.6 Å². The van der Waals surface area contributed by atoms with Crippen LogP contribution in [0.3, 0.4) is 0 Å². The summed E-state index contributed by atoms with van der Waals surface area (Å²) in [6.45, 7) is 10.4. The molecule has 0 bridgehead atoms. The largest absolute Gasteiger partial charge is 0.462 e. The molecule has 32 heavy (non-hydrogen) atoms. The second kappa shape index (κ2) is 8.92. The zero-order valence-electron chi connectivity index (χ0n) is 18.8. The van der Waals surface area contributed by atoms with E-state index in [1.807, 2.05) is 26.0 Å². The quantitative estimate of drug-likeness (QED) is 0.245. The van der Waals surface area contributed by atoms with Crippen LogP contribution in [-0.2, 0) is 4.74 Å². The summed E-state index contributed by atoms with van der Waals surface area (Å²) in [5, 5.41) is 5.46. The molecule has 4 aromatic rings. The van der Waals surface area contributed by atoms with Gasteiger partial charge in [-0.1, -0.05) is 0 Å². The van der Waals surface area contributed by atoms with Crippen molar-refractivity contribution in [1.29, 1.82) is 0 Å². The number of carbonyl (C=O) groups excluding carboxylic acids is 1. The second-order valence-electron chi connectivity index (χ2n) is 7.48. The van der Waals surface area contributed by atoms with Gasteiger partial charge in [-0.2, -0.15) is 5.10 Å². The highest BCUT2D eigenvalue weighted by atomic mass is 32.1. The number of aryl methyl sites for hydroxylation is 3. The molecule has 0 spiro atoms. The first-order valence-electron chi connectivity index (χ1n) is 10.4. The standard InChI is InChI=1S/C24H25N5O2S/c1-6-31-24(30)18-7-9-20(10-8-18)29-14(2)11-19(16(29)4)12-27-28-22-21-15(3)17(5)32-23(21)26-13-25-22/h7-13H,6H2,1-5H3,(H,25,26,28). The normalized spacial score (nSPS) is 11.4. The van der Waals surface area contributed by atoms with E-state index >= 15 is 0 Å². The van der Waals surface area contributed by atoms with Crippen molar-refractivity contribution in [2.24, 2.45) is 5.10 Å². The van der Waals surface area contributed by atoms with Gasteiger partial charge in [0.25, 0.3) is 0 Å². The topological polar surface area (TPSA) is 81.4 Å². The predicted octanol–water partition coefficient (Wildman–Crippen LogP) is 5.34. The number of ether oxygens (including phenoxy) is 1. The number of nitrogens with one attached hydrogen (secondary N) is 1. The zero-order chi connectivity index (χ0) is 22.8. The van der Waals surface area contributed by atoms with E-state index in [1.54, 1.807) is 42.9 Å². The van der Waals surface area contributed by atoms with Gasteiger partial charge in [0.15, 0.2) is 5.82 Å². The van der Waals surface area contributed by atoms with E-state index in [0.717, 1.165) is 32.9 Å². The molecule has 0 saturated carbocycles. The number of esters is 1. The lowest BCUT2D eigenvalue weighted by molar-refractivity contribution is 0.0526. The fourth-order valence-electron chi connectivity index (χ4n) is 3.71. The average Bonchev–Trinajstić information content (AvgIpc) is 3.23. The summed E-state index contributed by atoms with van der Waals surface area (Å²) in [7, 11) is 0. The van der Waals surface area contributed by atoms with E-state index in [-0.39, 0.29) is 5.97 Å². The van der Waals surface area contributed by atoms with Gasteiger partial charge in [-0.05, 0) is 70.5 Å². The molecule has 8 heteroatoms. The molecule has 0 atom stereocenters. The summed E-state index contributed by atoms with van der Waals surface area (Å²) < 4.78 is 7.19. The molecule has 3 aromatic heterocycles. The molecule has 1 N–H and O–H groups in total. The highest BCUT2D eigenvalue weighted by molar-refractivity contribution is 7.18. The Bertz CT molecular complexity index is 1320. The van der Waals surface area contributed by atoms with Crippen LogP contribution in [0.5, 0.6) is 0 Å². The van der Waals surface area contributed by atoms with Crippen LogP contribution in [0.4, 0.5) is 5.82 Å². The first kappa shape index (κ1) is 21.7. The number of benzene rings is 1. The van der Waals surface area contributed by atoms with Gasteiger partial charge in [0, 0.05) is 27.5 Å². The summed E-state index contributed by atoms with van der Waals surface area (Å²) in [6.07, 6.45) is 3.36. The van der Waals surface area contributed by atoms with Gasteiger partial charge >= 0.3 is 5.97 Å². The van der Waals surface area contributed by atoms with Crippen molar-refractivity contribution in [2.75, 3.05) is 12.0 Å². The summed E-state index contributed by atoms with van der Waals surface area (Å²) in [5.74, 6) is 0.394. The Morgan fingerprint density at radius 2 is 1.94 bits per heavy atom. The Labute approximate surface area is 190 Å². The van der Waals surface area contributed by atoms with E-state index < -0.39 is 0 Å². The van der Waals surface area contributed by atoms with E-state index in [2.05, 4.69) is 45.0 Å². The number of rotatable bonds is 6. The first-order chi connectivity index (χ1) is 15.4. The highest BCUT2D eigenvalue weighted by Crippen LogP contribution is 2.32. The summed E-state index contributed by atoms with van der Waals surface area (Å²) >= 11 is 1.66. The number of anilines is 1. The molecule has 0 unspecified atom stereocenters. The molecule has 0 aliphatic carbocycles. The molecule has 0 amide bonds. The molecule has 1 aromatic carbocycles. The molecular weight excluding hydrogens is 422 g/mol. The Balaban J connectivity index is 1.57. The van der Waals surface area contributed by atoms with Gasteiger partial charge in [-0.15, -0.1) is 11.3 Å². The van der Waals surface area contributed by atoms with Gasteiger partial charge in [-0.25, -0.2) is 14.8 Å². The van der Waals surface area contributed by atoms with Crippen LogP contribution in [0.15, 0.2) is 41.8 Å². The molecule has 0 saturated heterocycles. The lowest BCUT2D eigenvalue weighted by Crippen LogP contribution is -2.05. The molecule has 164 valence electrons. The highest BCUT2D eigenvalue weighted by Gasteiger charge is 2.13. The lowest BCUT2D eigenvalue weighted by Gasteiger charge is -2.10. The molecular formula is C24H25N5O2S. The minimum Gasteiger partial charge on any atom is -0.462 e. The van der Waals surface area contributed by atoms with Crippen molar-refractivity contribution < 1.29 is 9.53 Å². The fraction of sp³-hybridized carbons (Fsp3) is 0.250. The smallest absolute Gasteiger partial charge is 0.338 e. The molecule has 0 radical (unpaired) electrons. The number of hydrogen-bond donors (Lipinski definition) is 1. The monoisotopic (exact) mass is 447 g/mol. The first-order valence-corrected chi connectivity index (χ1v) is 11.2. The minimum atomic E-state index is -0.311. The van der Waals surface area contributed by atoms with Gasteiger partial charge in [0.2, 0.25) is 0 Å².